The van der Waals surface area contributed by atoms with Crippen LogP contribution in [0.4, 0.5) is 22.4 Å². The summed E-state index contributed by atoms with van der Waals surface area (Å²) in [6.07, 6.45) is -10.2. The molecule has 0 fully saturated rings. The van der Waals surface area contributed by atoms with E-state index in [0.29, 0.717) is 11.8 Å². The lowest BCUT2D eigenvalue weighted by atomic mass is 9.95. The molecule has 8 heteroatoms. The van der Waals surface area contributed by atoms with Gasteiger partial charge in [-0.2, -0.15) is 13.2 Å². The summed E-state index contributed by atoms with van der Waals surface area (Å²) in [5.74, 6) is 0. The van der Waals surface area contributed by atoms with Crippen LogP contribution in [0.2, 0.25) is 0 Å². The molecular formula is C11H17F4NO3. The quantitative estimate of drug-likeness (QED) is 0.592. The number of rotatable bonds is 3. The standard InChI is InChI=1S/C11H17F4NO3/c1-9(2,3)19-8(18)16(5)10(4,6-17)7(12)11(13,14)15/h6-7H,1-5H3. The molecule has 1 amide bonds. The molecule has 2 unspecified atom stereocenters. The Morgan fingerprint density at radius 3 is 1.89 bits per heavy atom. The van der Waals surface area contributed by atoms with E-state index >= 15 is 0 Å². The van der Waals surface area contributed by atoms with Crippen molar-refractivity contribution < 1.29 is 31.9 Å². The number of carbonyl (C=O) groups excluding carboxylic acids is 2. The zero-order chi connectivity index (χ0) is 15.6. The molecule has 0 radical (unpaired) electrons. The fourth-order valence-electron chi connectivity index (χ4n) is 1.17. The van der Waals surface area contributed by atoms with E-state index in [4.69, 9.17) is 4.74 Å². The normalized spacial score (nSPS) is 17.3. The van der Waals surface area contributed by atoms with Gasteiger partial charge >= 0.3 is 12.3 Å². The lowest BCUT2D eigenvalue weighted by Gasteiger charge is -2.37. The van der Waals surface area contributed by atoms with Gasteiger partial charge in [0.2, 0.25) is 6.17 Å². The van der Waals surface area contributed by atoms with E-state index < -0.39 is 29.6 Å². The molecule has 0 N–H and O–H groups in total. The van der Waals surface area contributed by atoms with Gasteiger partial charge in [-0.1, -0.05) is 0 Å². The van der Waals surface area contributed by atoms with Gasteiger partial charge in [0.1, 0.15) is 17.4 Å². The van der Waals surface area contributed by atoms with Crippen molar-refractivity contribution in [3.05, 3.63) is 0 Å². The first kappa shape index (κ1) is 17.7. The molecule has 0 saturated heterocycles. The Hall–Kier alpha value is -1.34. The van der Waals surface area contributed by atoms with Crippen LogP contribution in [-0.4, -0.2) is 47.8 Å². The highest BCUT2D eigenvalue weighted by molar-refractivity contribution is 5.77. The van der Waals surface area contributed by atoms with Gasteiger partial charge in [-0.15, -0.1) is 0 Å². The summed E-state index contributed by atoms with van der Waals surface area (Å²) >= 11 is 0. The highest BCUT2D eigenvalue weighted by Crippen LogP contribution is 2.33. The van der Waals surface area contributed by atoms with Crippen LogP contribution < -0.4 is 0 Å². The maximum absolute atomic E-state index is 13.4. The molecule has 0 aromatic rings. The number of amides is 1. The summed E-state index contributed by atoms with van der Waals surface area (Å²) in [6, 6.07) is 0. The fourth-order valence-corrected chi connectivity index (χ4v) is 1.17. The molecule has 0 aliphatic rings. The minimum Gasteiger partial charge on any atom is -0.444 e. The molecule has 4 nitrogen and oxygen atoms in total. The van der Waals surface area contributed by atoms with Crippen LogP contribution in [0.3, 0.4) is 0 Å². The SMILES string of the molecule is CN(C(=O)OC(C)(C)C)C(C)(C=O)C(F)C(F)(F)F. The van der Waals surface area contributed by atoms with Crippen LogP contribution in [0.25, 0.3) is 0 Å². The average molecular weight is 287 g/mol. The molecule has 0 rings (SSSR count). The highest BCUT2D eigenvalue weighted by Gasteiger charge is 2.56. The first-order valence-corrected chi connectivity index (χ1v) is 5.39. The minimum absolute atomic E-state index is 0.255. The summed E-state index contributed by atoms with van der Waals surface area (Å²) < 4.78 is 55.3. The highest BCUT2D eigenvalue weighted by atomic mass is 19.4. The molecular weight excluding hydrogens is 270 g/mol. The molecule has 0 aromatic carbocycles. The Kier molecular flexibility index (Phi) is 4.96. The van der Waals surface area contributed by atoms with Crippen molar-refractivity contribution in [2.45, 2.75) is 51.2 Å². The third-order valence-corrected chi connectivity index (χ3v) is 2.43. The van der Waals surface area contributed by atoms with Crippen molar-refractivity contribution >= 4 is 12.4 Å². The van der Waals surface area contributed by atoms with E-state index in [1.807, 2.05) is 0 Å². The van der Waals surface area contributed by atoms with Crippen LogP contribution >= 0.6 is 0 Å². The van der Waals surface area contributed by atoms with E-state index in [1.54, 1.807) is 0 Å². The maximum atomic E-state index is 13.4. The molecule has 0 aliphatic carbocycles. The molecule has 2 atom stereocenters. The molecule has 0 aromatic heterocycles. The summed E-state index contributed by atoms with van der Waals surface area (Å²) in [4.78, 5) is 22.8. The van der Waals surface area contributed by atoms with Crippen molar-refractivity contribution in [3.8, 4) is 0 Å². The van der Waals surface area contributed by atoms with Gasteiger partial charge in [0.25, 0.3) is 0 Å². The number of aldehydes is 1. The van der Waals surface area contributed by atoms with Gasteiger partial charge in [-0.05, 0) is 27.7 Å². The van der Waals surface area contributed by atoms with Crippen molar-refractivity contribution in [2.75, 3.05) is 7.05 Å². The number of ether oxygens (including phenoxy) is 1. The Balaban J connectivity index is 5.25. The number of halogens is 4. The zero-order valence-corrected chi connectivity index (χ0v) is 11.3. The van der Waals surface area contributed by atoms with Crippen molar-refractivity contribution in [1.82, 2.24) is 4.90 Å². The molecule has 0 heterocycles. The molecule has 112 valence electrons. The number of hydrogen-bond acceptors (Lipinski definition) is 3. The molecule has 0 bridgehead atoms. The second-order valence-corrected chi connectivity index (χ2v) is 5.29. The second kappa shape index (κ2) is 5.34. The monoisotopic (exact) mass is 287 g/mol. The summed E-state index contributed by atoms with van der Waals surface area (Å²) in [5.41, 5.74) is -3.65. The van der Waals surface area contributed by atoms with E-state index in [1.165, 1.54) is 20.8 Å². The van der Waals surface area contributed by atoms with E-state index in [-0.39, 0.29) is 6.29 Å². The summed E-state index contributed by atoms with van der Waals surface area (Å²) in [6.45, 7) is 5.16. The predicted molar refractivity (Wildman–Crippen MR) is 59.4 cm³/mol. The Labute approximate surface area is 108 Å². The Morgan fingerprint density at radius 1 is 1.21 bits per heavy atom. The summed E-state index contributed by atoms with van der Waals surface area (Å²) in [5, 5.41) is 0. The maximum Gasteiger partial charge on any atom is 0.422 e. The topological polar surface area (TPSA) is 46.6 Å². The van der Waals surface area contributed by atoms with E-state index in [9.17, 15) is 27.2 Å². The molecule has 0 saturated carbocycles. The van der Waals surface area contributed by atoms with Crippen molar-refractivity contribution in [3.63, 3.8) is 0 Å². The number of carbonyl (C=O) groups is 2. The van der Waals surface area contributed by atoms with Gasteiger partial charge in [-0.25, -0.2) is 9.18 Å². The largest absolute Gasteiger partial charge is 0.444 e. The van der Waals surface area contributed by atoms with Crippen molar-refractivity contribution in [1.29, 1.82) is 0 Å². The van der Waals surface area contributed by atoms with Crippen LogP contribution in [-0.2, 0) is 9.53 Å². The van der Waals surface area contributed by atoms with Gasteiger partial charge in [0.15, 0.2) is 0 Å². The lowest BCUT2D eigenvalue weighted by Crippen LogP contribution is -2.60. The number of alkyl halides is 4. The van der Waals surface area contributed by atoms with E-state index in [2.05, 4.69) is 0 Å². The lowest BCUT2D eigenvalue weighted by molar-refractivity contribution is -0.208. The van der Waals surface area contributed by atoms with Gasteiger partial charge in [-0.3, -0.25) is 4.90 Å². The van der Waals surface area contributed by atoms with Gasteiger partial charge in [0.05, 0.1) is 0 Å². The van der Waals surface area contributed by atoms with Crippen LogP contribution in [0.1, 0.15) is 27.7 Å². The van der Waals surface area contributed by atoms with E-state index in [0.717, 1.165) is 7.05 Å². The predicted octanol–water partition coefficient (Wildman–Crippen LogP) is 2.71. The molecule has 0 spiro atoms. The first-order valence-electron chi connectivity index (χ1n) is 5.39. The van der Waals surface area contributed by atoms with Crippen LogP contribution in [0.15, 0.2) is 0 Å². The molecule has 0 aliphatic heterocycles. The molecule has 19 heavy (non-hydrogen) atoms. The van der Waals surface area contributed by atoms with Crippen LogP contribution in [0.5, 0.6) is 0 Å². The average Bonchev–Trinajstić information content (AvgIpc) is 2.22. The van der Waals surface area contributed by atoms with Crippen LogP contribution in [0, 0.1) is 0 Å². The third-order valence-electron chi connectivity index (χ3n) is 2.43. The number of nitrogens with zero attached hydrogens (tertiary/aromatic N) is 1. The number of hydrogen-bond donors (Lipinski definition) is 0. The first-order chi connectivity index (χ1) is 8.25. The zero-order valence-electron chi connectivity index (χ0n) is 11.3. The smallest absolute Gasteiger partial charge is 0.422 e. The Bertz CT molecular complexity index is 351. The van der Waals surface area contributed by atoms with Gasteiger partial charge < -0.3 is 9.53 Å². The minimum atomic E-state index is -5.26. The third kappa shape index (κ3) is 4.36. The number of likely N-dealkylation sites (N-methyl/N-ethyl adjacent to an activating group) is 1. The second-order valence-electron chi connectivity index (χ2n) is 5.29. The Morgan fingerprint density at radius 2 is 1.63 bits per heavy atom. The van der Waals surface area contributed by atoms with Crippen molar-refractivity contribution in [2.24, 2.45) is 0 Å². The van der Waals surface area contributed by atoms with Gasteiger partial charge in [0, 0.05) is 7.05 Å². The fraction of sp³-hybridized carbons (Fsp3) is 0.818. The summed E-state index contributed by atoms with van der Waals surface area (Å²) in [7, 11) is 0.876.